The lowest BCUT2D eigenvalue weighted by Gasteiger charge is -2.37. The number of benzene rings is 1. The van der Waals surface area contributed by atoms with Crippen LogP contribution in [0.5, 0.6) is 0 Å². The van der Waals surface area contributed by atoms with Gasteiger partial charge in [0.25, 0.3) is 5.91 Å². The Hall–Kier alpha value is -2.44. The van der Waals surface area contributed by atoms with Crippen molar-refractivity contribution in [2.24, 2.45) is 5.41 Å². The zero-order chi connectivity index (χ0) is 21.3. The Bertz CT molecular complexity index is 983. The SMILES string of the molecule is C[C@@H](Cc1ccc(NC(=O)c2c(Cl)cncc2Cl)cc1)NC1=C(F)C(=O)C1(C)C. The standard InChI is InChI=1S/C21H20Cl2FN3O2/c1-11(26-18-17(24)19(28)21(18,2)3)8-12-4-6-13(7-5-12)27-20(29)16-14(22)9-25-10-15(16)23/h4-7,9-11,26H,8H2,1-3H3,(H,27,29)/t11-/m0/s1. The van der Waals surface area contributed by atoms with Gasteiger partial charge in [-0.1, -0.05) is 35.3 Å². The van der Waals surface area contributed by atoms with Crippen LogP contribution in [0.4, 0.5) is 10.1 Å². The van der Waals surface area contributed by atoms with E-state index in [4.69, 9.17) is 23.2 Å². The number of aromatic nitrogens is 1. The molecule has 1 heterocycles. The topological polar surface area (TPSA) is 71.1 Å². The number of rotatable bonds is 6. The number of pyridine rings is 1. The smallest absolute Gasteiger partial charge is 0.258 e. The van der Waals surface area contributed by atoms with Crippen molar-refractivity contribution in [1.82, 2.24) is 10.3 Å². The predicted molar refractivity (Wildman–Crippen MR) is 112 cm³/mol. The van der Waals surface area contributed by atoms with Crippen LogP contribution in [0, 0.1) is 5.41 Å². The predicted octanol–water partition coefficient (Wildman–Crippen LogP) is 4.95. The number of ketones is 1. The van der Waals surface area contributed by atoms with Gasteiger partial charge >= 0.3 is 0 Å². The monoisotopic (exact) mass is 435 g/mol. The quantitative estimate of drug-likeness (QED) is 0.672. The molecule has 2 N–H and O–H groups in total. The van der Waals surface area contributed by atoms with Crippen LogP contribution in [-0.4, -0.2) is 22.7 Å². The molecule has 1 aliphatic rings. The highest BCUT2D eigenvalue weighted by Gasteiger charge is 2.47. The zero-order valence-electron chi connectivity index (χ0n) is 16.1. The number of nitrogens with zero attached hydrogens (tertiary/aromatic N) is 1. The first kappa shape index (κ1) is 21.3. The number of anilines is 1. The maximum atomic E-state index is 13.7. The maximum absolute atomic E-state index is 13.7. The molecule has 1 amide bonds. The van der Waals surface area contributed by atoms with Crippen LogP contribution in [0.1, 0.15) is 36.7 Å². The van der Waals surface area contributed by atoms with Crippen LogP contribution in [0.3, 0.4) is 0 Å². The molecule has 5 nitrogen and oxygen atoms in total. The zero-order valence-corrected chi connectivity index (χ0v) is 17.7. The Morgan fingerprint density at radius 3 is 2.31 bits per heavy atom. The van der Waals surface area contributed by atoms with Crippen LogP contribution < -0.4 is 10.6 Å². The van der Waals surface area contributed by atoms with E-state index in [9.17, 15) is 14.0 Å². The summed E-state index contributed by atoms with van der Waals surface area (Å²) in [7, 11) is 0. The second kappa shape index (κ2) is 8.13. The average Bonchev–Trinajstić information content (AvgIpc) is 2.66. The van der Waals surface area contributed by atoms with Crippen LogP contribution in [0.15, 0.2) is 48.2 Å². The lowest BCUT2D eigenvalue weighted by atomic mass is 9.73. The van der Waals surface area contributed by atoms with Crippen molar-refractivity contribution in [2.75, 3.05) is 5.32 Å². The van der Waals surface area contributed by atoms with Gasteiger partial charge in [0.2, 0.25) is 5.78 Å². The number of amides is 1. The summed E-state index contributed by atoms with van der Waals surface area (Å²) in [5.74, 6) is -1.58. The fraction of sp³-hybridized carbons (Fsp3) is 0.286. The third-order valence-corrected chi connectivity index (χ3v) is 5.41. The Labute approximate surface area is 178 Å². The number of carbonyl (C=O) groups excluding carboxylic acids is 2. The summed E-state index contributed by atoms with van der Waals surface area (Å²) in [4.78, 5) is 27.8. The second-order valence-corrected chi connectivity index (χ2v) is 8.34. The molecule has 29 heavy (non-hydrogen) atoms. The molecule has 0 bridgehead atoms. The molecule has 152 valence electrons. The number of halogens is 3. The third-order valence-electron chi connectivity index (χ3n) is 4.84. The number of nitrogens with one attached hydrogen (secondary N) is 2. The molecule has 0 fully saturated rings. The lowest BCUT2D eigenvalue weighted by molar-refractivity contribution is -0.127. The van der Waals surface area contributed by atoms with Crippen LogP contribution in [-0.2, 0) is 11.2 Å². The van der Waals surface area contributed by atoms with Crippen LogP contribution in [0.2, 0.25) is 10.0 Å². The minimum absolute atomic E-state index is 0.0713. The van der Waals surface area contributed by atoms with Crippen molar-refractivity contribution in [3.63, 3.8) is 0 Å². The summed E-state index contributed by atoms with van der Waals surface area (Å²) in [6, 6.07) is 7.19. The molecule has 1 aliphatic carbocycles. The largest absolute Gasteiger partial charge is 0.382 e. The van der Waals surface area contributed by atoms with Gasteiger partial charge in [0.1, 0.15) is 0 Å². The average molecular weight is 436 g/mol. The minimum Gasteiger partial charge on any atom is -0.382 e. The van der Waals surface area contributed by atoms with Gasteiger partial charge in [0.15, 0.2) is 5.83 Å². The fourth-order valence-electron chi connectivity index (χ4n) is 3.15. The van der Waals surface area contributed by atoms with E-state index < -0.39 is 22.9 Å². The van der Waals surface area contributed by atoms with Gasteiger partial charge in [0.05, 0.1) is 26.7 Å². The molecule has 0 saturated carbocycles. The van der Waals surface area contributed by atoms with Crippen molar-refractivity contribution < 1.29 is 14.0 Å². The second-order valence-electron chi connectivity index (χ2n) is 7.52. The number of carbonyl (C=O) groups is 2. The van der Waals surface area contributed by atoms with E-state index in [0.29, 0.717) is 17.8 Å². The summed E-state index contributed by atoms with van der Waals surface area (Å²) in [5.41, 5.74) is 1.29. The molecule has 2 aromatic rings. The van der Waals surface area contributed by atoms with Crippen LogP contribution in [0.25, 0.3) is 0 Å². The first-order valence-electron chi connectivity index (χ1n) is 9.02. The van der Waals surface area contributed by atoms with Gasteiger partial charge in [-0.05, 0) is 44.9 Å². The number of allylic oxidation sites excluding steroid dienone is 2. The third kappa shape index (κ3) is 4.28. The van der Waals surface area contributed by atoms with E-state index in [1.165, 1.54) is 12.4 Å². The normalized spacial score (nSPS) is 16.3. The van der Waals surface area contributed by atoms with Gasteiger partial charge < -0.3 is 10.6 Å². The summed E-state index contributed by atoms with van der Waals surface area (Å²) in [6.07, 6.45) is 3.33. The van der Waals surface area contributed by atoms with E-state index in [1.54, 1.807) is 26.0 Å². The first-order chi connectivity index (χ1) is 13.6. The summed E-state index contributed by atoms with van der Waals surface area (Å²) < 4.78 is 13.7. The Morgan fingerprint density at radius 1 is 1.17 bits per heavy atom. The molecule has 8 heteroatoms. The molecule has 0 spiro atoms. The van der Waals surface area contributed by atoms with Crippen molar-refractivity contribution in [3.05, 3.63) is 69.4 Å². The van der Waals surface area contributed by atoms with E-state index in [1.807, 2.05) is 19.1 Å². The van der Waals surface area contributed by atoms with Gasteiger partial charge in [0, 0.05) is 24.1 Å². The van der Waals surface area contributed by atoms with Gasteiger partial charge in [-0.3, -0.25) is 14.6 Å². The molecule has 1 aromatic carbocycles. The maximum Gasteiger partial charge on any atom is 0.258 e. The molecular formula is C21H20Cl2FN3O2. The lowest BCUT2D eigenvalue weighted by Crippen LogP contribution is -2.47. The highest BCUT2D eigenvalue weighted by Crippen LogP contribution is 2.41. The van der Waals surface area contributed by atoms with Crippen molar-refractivity contribution in [1.29, 1.82) is 0 Å². The van der Waals surface area contributed by atoms with E-state index >= 15 is 0 Å². The van der Waals surface area contributed by atoms with E-state index in [-0.39, 0.29) is 21.7 Å². The highest BCUT2D eigenvalue weighted by molar-refractivity contribution is 6.40. The summed E-state index contributed by atoms with van der Waals surface area (Å²) in [5, 5.41) is 6.18. The summed E-state index contributed by atoms with van der Waals surface area (Å²) in [6.45, 7) is 5.32. The number of hydrogen-bond donors (Lipinski definition) is 2. The molecule has 0 radical (unpaired) electrons. The van der Waals surface area contributed by atoms with E-state index in [0.717, 1.165) is 5.56 Å². The van der Waals surface area contributed by atoms with E-state index in [2.05, 4.69) is 15.6 Å². The Kier molecular flexibility index (Phi) is 5.96. The number of hydrogen-bond acceptors (Lipinski definition) is 4. The Balaban J connectivity index is 1.62. The van der Waals surface area contributed by atoms with Gasteiger partial charge in [-0.15, -0.1) is 0 Å². The van der Waals surface area contributed by atoms with Gasteiger partial charge in [-0.25, -0.2) is 4.39 Å². The highest BCUT2D eigenvalue weighted by atomic mass is 35.5. The fourth-order valence-corrected chi connectivity index (χ4v) is 3.69. The molecule has 0 saturated heterocycles. The molecule has 1 atom stereocenters. The van der Waals surface area contributed by atoms with Crippen LogP contribution >= 0.6 is 23.2 Å². The minimum atomic E-state index is -0.804. The summed E-state index contributed by atoms with van der Waals surface area (Å²) >= 11 is 12.0. The van der Waals surface area contributed by atoms with Crippen molar-refractivity contribution >= 4 is 40.6 Å². The van der Waals surface area contributed by atoms with Crippen molar-refractivity contribution in [2.45, 2.75) is 33.2 Å². The first-order valence-corrected chi connectivity index (χ1v) is 9.77. The van der Waals surface area contributed by atoms with Gasteiger partial charge in [-0.2, -0.15) is 0 Å². The van der Waals surface area contributed by atoms with Crippen molar-refractivity contribution in [3.8, 4) is 0 Å². The molecular weight excluding hydrogens is 416 g/mol. The number of Topliss-reactive ketones (excluding diaryl/α,β-unsaturated/α-hetero) is 1. The molecule has 1 aromatic heterocycles. The molecule has 0 unspecified atom stereocenters. The molecule has 0 aliphatic heterocycles. The molecule has 3 rings (SSSR count). The Morgan fingerprint density at radius 2 is 1.76 bits per heavy atom.